The second-order valence-corrected chi connectivity index (χ2v) is 7.03. The van der Waals surface area contributed by atoms with Crippen molar-refractivity contribution in [2.24, 2.45) is 0 Å². The van der Waals surface area contributed by atoms with Gasteiger partial charge < -0.3 is 10.6 Å². The molecule has 0 radical (unpaired) electrons. The van der Waals surface area contributed by atoms with Crippen molar-refractivity contribution in [2.45, 2.75) is 44.8 Å². The molecule has 1 heterocycles. The van der Waals surface area contributed by atoms with Gasteiger partial charge in [-0.15, -0.1) is 0 Å². The van der Waals surface area contributed by atoms with Crippen LogP contribution in [-0.2, 0) is 16.1 Å². The maximum Gasteiger partial charge on any atom is 0.221 e. The number of hydrogen-bond acceptors (Lipinski definition) is 3. The van der Waals surface area contributed by atoms with Gasteiger partial charge in [0.15, 0.2) is 0 Å². The molecule has 1 fully saturated rings. The molecule has 2 N–H and O–H groups in total. The summed E-state index contributed by atoms with van der Waals surface area (Å²) >= 11 is 11.9. The number of nitrogens with one attached hydrogen (secondary N) is 2. The van der Waals surface area contributed by atoms with Crippen LogP contribution < -0.4 is 10.6 Å². The zero-order valence-electron chi connectivity index (χ0n) is 13.9. The molecule has 0 bridgehead atoms. The predicted octanol–water partition coefficient (Wildman–Crippen LogP) is 2.60. The van der Waals surface area contributed by atoms with E-state index in [-0.39, 0.29) is 17.9 Å². The molecule has 0 aliphatic carbocycles. The molecular formula is C17H23Cl2N3O2. The minimum Gasteiger partial charge on any atom is -0.355 e. The third kappa shape index (κ3) is 5.36. The largest absolute Gasteiger partial charge is 0.355 e. The van der Waals surface area contributed by atoms with Crippen LogP contribution in [0.25, 0.3) is 0 Å². The summed E-state index contributed by atoms with van der Waals surface area (Å²) in [6.45, 7) is 2.58. The fraction of sp³-hybridized carbons (Fsp3) is 0.529. The molecule has 0 spiro atoms. The lowest BCUT2D eigenvalue weighted by Crippen LogP contribution is -2.41. The second kappa shape index (κ2) is 8.70. The molecule has 132 valence electrons. The normalized spacial score (nSPS) is 20.8. The molecule has 1 aliphatic rings. The average molecular weight is 372 g/mol. The van der Waals surface area contributed by atoms with Crippen LogP contribution in [0.1, 0.15) is 31.7 Å². The third-order valence-corrected chi connectivity index (χ3v) is 5.21. The van der Waals surface area contributed by atoms with Crippen LogP contribution in [0.5, 0.6) is 0 Å². The average Bonchev–Trinajstić information content (AvgIpc) is 2.87. The highest BCUT2D eigenvalue weighted by Gasteiger charge is 2.31. The Morgan fingerprint density at radius 3 is 2.54 bits per heavy atom. The Morgan fingerprint density at radius 1 is 1.17 bits per heavy atom. The summed E-state index contributed by atoms with van der Waals surface area (Å²) in [6, 6.07) is 5.83. The predicted molar refractivity (Wildman–Crippen MR) is 96.2 cm³/mol. The Hall–Kier alpha value is -1.30. The molecule has 1 aromatic rings. The van der Waals surface area contributed by atoms with Crippen molar-refractivity contribution in [3.63, 3.8) is 0 Å². The van der Waals surface area contributed by atoms with E-state index < -0.39 is 0 Å². The number of rotatable bonds is 6. The standard InChI is InChI=1S/C17H23Cl2N3O2/c1-11(23)20-10-14-5-4-13(22(14)2)8-17(24)21-9-12-3-6-15(18)16(19)7-12/h3,6-7,13-14H,4-5,8-10H2,1-2H3,(H,20,23)(H,21,24)/t13-,14+/m0/s1. The van der Waals surface area contributed by atoms with Crippen molar-refractivity contribution in [3.8, 4) is 0 Å². The molecule has 5 nitrogen and oxygen atoms in total. The number of carbonyl (C=O) groups excluding carboxylic acids is 2. The Morgan fingerprint density at radius 2 is 1.88 bits per heavy atom. The first-order chi connectivity index (χ1) is 11.4. The van der Waals surface area contributed by atoms with Crippen molar-refractivity contribution in [2.75, 3.05) is 13.6 Å². The van der Waals surface area contributed by atoms with Gasteiger partial charge in [-0.1, -0.05) is 29.3 Å². The van der Waals surface area contributed by atoms with E-state index in [2.05, 4.69) is 15.5 Å². The molecule has 24 heavy (non-hydrogen) atoms. The van der Waals surface area contributed by atoms with Gasteiger partial charge in [0.1, 0.15) is 0 Å². The molecule has 0 aromatic heterocycles. The van der Waals surface area contributed by atoms with Crippen molar-refractivity contribution < 1.29 is 9.59 Å². The van der Waals surface area contributed by atoms with Gasteiger partial charge in [-0.25, -0.2) is 0 Å². The minimum atomic E-state index is -0.0220. The van der Waals surface area contributed by atoms with E-state index in [4.69, 9.17) is 23.2 Å². The Bertz CT molecular complexity index is 609. The number of amides is 2. The van der Waals surface area contributed by atoms with Crippen molar-refractivity contribution in [1.82, 2.24) is 15.5 Å². The maximum atomic E-state index is 12.2. The lowest BCUT2D eigenvalue weighted by atomic mass is 10.1. The number of likely N-dealkylation sites (tertiary alicyclic amines) is 1. The summed E-state index contributed by atoms with van der Waals surface area (Å²) in [5, 5.41) is 6.75. The first-order valence-electron chi connectivity index (χ1n) is 8.04. The van der Waals surface area contributed by atoms with E-state index in [1.54, 1.807) is 12.1 Å². The summed E-state index contributed by atoms with van der Waals surface area (Å²) in [5.41, 5.74) is 0.918. The van der Waals surface area contributed by atoms with Crippen LogP contribution in [-0.4, -0.2) is 42.4 Å². The fourth-order valence-electron chi connectivity index (χ4n) is 2.98. The van der Waals surface area contributed by atoms with Crippen LogP contribution in [0, 0.1) is 0 Å². The number of carbonyl (C=O) groups is 2. The van der Waals surface area contributed by atoms with Crippen LogP contribution in [0.15, 0.2) is 18.2 Å². The van der Waals surface area contributed by atoms with Crippen LogP contribution in [0.2, 0.25) is 10.0 Å². The molecule has 2 amide bonds. The number of halogens is 2. The molecule has 1 aliphatic heterocycles. The first-order valence-corrected chi connectivity index (χ1v) is 8.79. The minimum absolute atomic E-state index is 0.0121. The highest BCUT2D eigenvalue weighted by Crippen LogP contribution is 2.24. The van der Waals surface area contributed by atoms with Crippen molar-refractivity contribution >= 4 is 35.0 Å². The molecule has 2 rings (SSSR count). The summed E-state index contributed by atoms with van der Waals surface area (Å²) in [5.74, 6) is -0.00989. The van der Waals surface area contributed by atoms with E-state index in [1.807, 2.05) is 13.1 Å². The summed E-state index contributed by atoms with van der Waals surface area (Å²) in [7, 11) is 2.01. The lowest BCUT2D eigenvalue weighted by Gasteiger charge is -2.25. The summed E-state index contributed by atoms with van der Waals surface area (Å²) in [4.78, 5) is 25.4. The lowest BCUT2D eigenvalue weighted by molar-refractivity contribution is -0.122. The van der Waals surface area contributed by atoms with Crippen LogP contribution in [0.3, 0.4) is 0 Å². The van der Waals surface area contributed by atoms with Crippen molar-refractivity contribution in [1.29, 1.82) is 0 Å². The van der Waals surface area contributed by atoms with Gasteiger partial charge in [0.25, 0.3) is 0 Å². The fourth-order valence-corrected chi connectivity index (χ4v) is 3.30. The van der Waals surface area contributed by atoms with E-state index in [1.165, 1.54) is 6.92 Å². The van der Waals surface area contributed by atoms with E-state index in [9.17, 15) is 9.59 Å². The van der Waals surface area contributed by atoms with Gasteiger partial charge in [-0.05, 0) is 37.6 Å². The number of likely N-dealkylation sites (N-methyl/N-ethyl adjacent to an activating group) is 1. The van der Waals surface area contributed by atoms with Crippen molar-refractivity contribution in [3.05, 3.63) is 33.8 Å². The van der Waals surface area contributed by atoms with Gasteiger partial charge >= 0.3 is 0 Å². The number of nitrogens with zero attached hydrogens (tertiary/aromatic N) is 1. The van der Waals surface area contributed by atoms with E-state index >= 15 is 0 Å². The zero-order chi connectivity index (χ0) is 17.7. The molecule has 1 aromatic carbocycles. The SMILES string of the molecule is CC(=O)NC[C@H]1CC[C@@H](CC(=O)NCc2ccc(Cl)c(Cl)c2)N1C. The second-order valence-electron chi connectivity index (χ2n) is 6.22. The monoisotopic (exact) mass is 371 g/mol. The van der Waals surface area contributed by atoms with Gasteiger partial charge in [0.05, 0.1) is 10.0 Å². The summed E-state index contributed by atoms with van der Waals surface area (Å²) in [6.07, 6.45) is 2.40. The third-order valence-electron chi connectivity index (χ3n) is 4.47. The zero-order valence-corrected chi connectivity index (χ0v) is 15.5. The Kier molecular flexibility index (Phi) is 6.90. The quantitative estimate of drug-likeness (QED) is 0.807. The van der Waals surface area contributed by atoms with E-state index in [0.29, 0.717) is 35.6 Å². The Balaban J connectivity index is 1.78. The topological polar surface area (TPSA) is 61.4 Å². The van der Waals surface area contributed by atoms with Crippen LogP contribution >= 0.6 is 23.2 Å². The van der Waals surface area contributed by atoms with E-state index in [0.717, 1.165) is 18.4 Å². The van der Waals surface area contributed by atoms with Gasteiger partial charge in [0.2, 0.25) is 11.8 Å². The molecule has 7 heteroatoms. The number of hydrogen-bond donors (Lipinski definition) is 2. The maximum absolute atomic E-state index is 12.2. The Labute approximate surface area is 152 Å². The van der Waals surface area contributed by atoms with Gasteiger partial charge in [-0.3, -0.25) is 14.5 Å². The molecule has 1 saturated heterocycles. The molecule has 2 atom stereocenters. The molecule has 0 unspecified atom stereocenters. The smallest absolute Gasteiger partial charge is 0.221 e. The number of benzene rings is 1. The first kappa shape index (κ1) is 19.0. The van der Waals surface area contributed by atoms with Gasteiger partial charge in [-0.2, -0.15) is 0 Å². The molecule has 0 saturated carbocycles. The highest BCUT2D eigenvalue weighted by molar-refractivity contribution is 6.42. The summed E-state index contributed by atoms with van der Waals surface area (Å²) < 4.78 is 0. The highest BCUT2D eigenvalue weighted by atomic mass is 35.5. The van der Waals surface area contributed by atoms with Crippen LogP contribution in [0.4, 0.5) is 0 Å². The molecular weight excluding hydrogens is 349 g/mol. The van der Waals surface area contributed by atoms with Gasteiger partial charge in [0, 0.05) is 38.5 Å².